The number of hydrogen-bond donors (Lipinski definition) is 1. The van der Waals surface area contributed by atoms with Crippen molar-refractivity contribution in [3.05, 3.63) is 30.1 Å². The topological polar surface area (TPSA) is 32.3 Å². The number of nitrogens with one attached hydrogen (secondary N) is 1. The SMILES string of the molecule is O=C(Nc1cccc(F)c1)N1CCCCCCC1. The molecule has 2 amide bonds. The van der Waals surface area contributed by atoms with Gasteiger partial charge in [0, 0.05) is 18.8 Å². The lowest BCUT2D eigenvalue weighted by Crippen LogP contribution is -2.37. The summed E-state index contributed by atoms with van der Waals surface area (Å²) in [5.41, 5.74) is 0.516. The Morgan fingerprint density at radius 3 is 2.44 bits per heavy atom. The number of hydrogen-bond acceptors (Lipinski definition) is 1. The van der Waals surface area contributed by atoms with Crippen molar-refractivity contribution in [2.45, 2.75) is 32.1 Å². The number of carbonyl (C=O) groups is 1. The third-order valence-corrected chi connectivity index (χ3v) is 3.22. The Labute approximate surface area is 107 Å². The van der Waals surface area contributed by atoms with E-state index in [1.54, 1.807) is 12.1 Å². The van der Waals surface area contributed by atoms with E-state index in [-0.39, 0.29) is 11.8 Å². The summed E-state index contributed by atoms with van der Waals surface area (Å²) in [7, 11) is 0. The summed E-state index contributed by atoms with van der Waals surface area (Å²) in [6, 6.07) is 5.87. The fourth-order valence-corrected chi connectivity index (χ4v) is 2.22. The molecule has 1 heterocycles. The van der Waals surface area contributed by atoms with Crippen LogP contribution in [0, 0.1) is 5.82 Å². The lowest BCUT2D eigenvalue weighted by Gasteiger charge is -2.25. The molecular weight excluding hydrogens is 231 g/mol. The second kappa shape index (κ2) is 6.38. The second-order valence-electron chi connectivity index (χ2n) is 4.70. The van der Waals surface area contributed by atoms with Crippen LogP contribution in [0.3, 0.4) is 0 Å². The maximum absolute atomic E-state index is 13.0. The summed E-state index contributed by atoms with van der Waals surface area (Å²) in [5.74, 6) is -0.333. The highest BCUT2D eigenvalue weighted by molar-refractivity contribution is 5.89. The zero-order valence-corrected chi connectivity index (χ0v) is 10.5. The fraction of sp³-hybridized carbons (Fsp3) is 0.500. The molecule has 1 aliphatic heterocycles. The molecule has 1 aromatic rings. The highest BCUT2D eigenvalue weighted by atomic mass is 19.1. The predicted octanol–water partition coefficient (Wildman–Crippen LogP) is 3.62. The van der Waals surface area contributed by atoms with Gasteiger partial charge in [-0.25, -0.2) is 9.18 Å². The molecule has 98 valence electrons. The van der Waals surface area contributed by atoms with Crippen molar-refractivity contribution < 1.29 is 9.18 Å². The zero-order valence-electron chi connectivity index (χ0n) is 10.5. The molecule has 3 nitrogen and oxygen atoms in total. The average molecular weight is 250 g/mol. The first kappa shape index (κ1) is 12.9. The van der Waals surface area contributed by atoms with Crippen LogP contribution in [0.15, 0.2) is 24.3 Å². The number of amides is 2. The molecule has 2 rings (SSSR count). The van der Waals surface area contributed by atoms with Gasteiger partial charge in [-0.1, -0.05) is 25.3 Å². The van der Waals surface area contributed by atoms with Gasteiger partial charge in [-0.2, -0.15) is 0 Å². The Hall–Kier alpha value is -1.58. The molecule has 0 spiro atoms. The standard InChI is InChI=1S/C14H19FN2O/c15-12-7-6-8-13(11-12)16-14(18)17-9-4-2-1-3-5-10-17/h6-8,11H,1-5,9-10H2,(H,16,18). The number of anilines is 1. The summed E-state index contributed by atoms with van der Waals surface area (Å²) in [4.78, 5) is 13.9. The van der Waals surface area contributed by atoms with Gasteiger partial charge in [-0.3, -0.25) is 0 Å². The van der Waals surface area contributed by atoms with Gasteiger partial charge in [0.25, 0.3) is 0 Å². The van der Waals surface area contributed by atoms with Gasteiger partial charge < -0.3 is 10.2 Å². The molecule has 0 saturated carbocycles. The third kappa shape index (κ3) is 3.72. The maximum Gasteiger partial charge on any atom is 0.321 e. The number of nitrogens with zero attached hydrogens (tertiary/aromatic N) is 1. The van der Waals surface area contributed by atoms with Crippen molar-refractivity contribution >= 4 is 11.7 Å². The maximum atomic E-state index is 13.0. The Kier molecular flexibility index (Phi) is 4.56. The first-order chi connectivity index (χ1) is 8.75. The minimum Gasteiger partial charge on any atom is -0.325 e. The van der Waals surface area contributed by atoms with Crippen LogP contribution in [0.5, 0.6) is 0 Å². The Balaban J connectivity index is 1.93. The fourth-order valence-electron chi connectivity index (χ4n) is 2.22. The van der Waals surface area contributed by atoms with Crippen LogP contribution in [0.2, 0.25) is 0 Å². The number of carbonyl (C=O) groups excluding carboxylic acids is 1. The van der Waals surface area contributed by atoms with Crippen LogP contribution < -0.4 is 5.32 Å². The van der Waals surface area contributed by atoms with Gasteiger partial charge in [0.2, 0.25) is 0 Å². The highest BCUT2D eigenvalue weighted by Crippen LogP contribution is 2.13. The largest absolute Gasteiger partial charge is 0.325 e. The van der Waals surface area contributed by atoms with Crippen LogP contribution in [0.25, 0.3) is 0 Å². The molecule has 1 fully saturated rings. The van der Waals surface area contributed by atoms with Gasteiger partial charge >= 0.3 is 6.03 Å². The summed E-state index contributed by atoms with van der Waals surface area (Å²) >= 11 is 0. The Bertz CT molecular complexity index is 401. The lowest BCUT2D eigenvalue weighted by molar-refractivity contribution is 0.206. The molecule has 1 N–H and O–H groups in total. The smallest absolute Gasteiger partial charge is 0.321 e. The number of benzene rings is 1. The van der Waals surface area contributed by atoms with E-state index >= 15 is 0 Å². The summed E-state index contributed by atoms with van der Waals surface area (Å²) in [6.07, 6.45) is 5.74. The molecule has 18 heavy (non-hydrogen) atoms. The zero-order chi connectivity index (χ0) is 12.8. The van der Waals surface area contributed by atoms with E-state index in [0.29, 0.717) is 5.69 Å². The van der Waals surface area contributed by atoms with E-state index in [2.05, 4.69) is 5.32 Å². The summed E-state index contributed by atoms with van der Waals surface area (Å²) < 4.78 is 13.0. The predicted molar refractivity (Wildman–Crippen MR) is 70.1 cm³/mol. The normalized spacial score (nSPS) is 16.8. The summed E-state index contributed by atoms with van der Waals surface area (Å²) in [6.45, 7) is 1.59. The lowest BCUT2D eigenvalue weighted by atomic mass is 10.1. The van der Waals surface area contributed by atoms with E-state index < -0.39 is 0 Å². The van der Waals surface area contributed by atoms with E-state index in [1.807, 2.05) is 4.90 Å². The van der Waals surface area contributed by atoms with Crippen molar-refractivity contribution in [3.63, 3.8) is 0 Å². The average Bonchev–Trinajstić information content (AvgIpc) is 2.28. The van der Waals surface area contributed by atoms with Gasteiger partial charge in [0.1, 0.15) is 5.82 Å². The first-order valence-corrected chi connectivity index (χ1v) is 6.57. The molecular formula is C14H19FN2O. The van der Waals surface area contributed by atoms with Crippen molar-refractivity contribution in [2.24, 2.45) is 0 Å². The van der Waals surface area contributed by atoms with Gasteiger partial charge in [0.15, 0.2) is 0 Å². The molecule has 4 heteroatoms. The van der Waals surface area contributed by atoms with Crippen molar-refractivity contribution in [1.82, 2.24) is 4.90 Å². The molecule has 0 atom stereocenters. The minimum absolute atomic E-state index is 0.123. The monoisotopic (exact) mass is 250 g/mol. The third-order valence-electron chi connectivity index (χ3n) is 3.22. The Morgan fingerprint density at radius 1 is 1.11 bits per heavy atom. The van der Waals surface area contributed by atoms with E-state index in [1.165, 1.54) is 31.4 Å². The minimum atomic E-state index is -0.333. The van der Waals surface area contributed by atoms with Crippen LogP contribution in [-0.2, 0) is 0 Å². The molecule has 0 unspecified atom stereocenters. The number of rotatable bonds is 1. The Morgan fingerprint density at radius 2 is 1.78 bits per heavy atom. The molecule has 0 radical (unpaired) electrons. The van der Waals surface area contributed by atoms with Crippen molar-refractivity contribution in [2.75, 3.05) is 18.4 Å². The molecule has 0 aromatic heterocycles. The van der Waals surface area contributed by atoms with E-state index in [9.17, 15) is 9.18 Å². The van der Waals surface area contributed by atoms with E-state index in [0.717, 1.165) is 25.9 Å². The van der Waals surface area contributed by atoms with E-state index in [4.69, 9.17) is 0 Å². The van der Waals surface area contributed by atoms with Crippen LogP contribution in [0.4, 0.5) is 14.9 Å². The number of urea groups is 1. The number of halogens is 1. The molecule has 0 bridgehead atoms. The first-order valence-electron chi connectivity index (χ1n) is 6.57. The molecule has 1 saturated heterocycles. The van der Waals surface area contributed by atoms with Gasteiger partial charge in [-0.05, 0) is 31.0 Å². The number of likely N-dealkylation sites (tertiary alicyclic amines) is 1. The van der Waals surface area contributed by atoms with Gasteiger partial charge in [0.05, 0.1) is 0 Å². The molecule has 0 aliphatic carbocycles. The van der Waals surface area contributed by atoms with Crippen molar-refractivity contribution in [1.29, 1.82) is 0 Å². The molecule has 1 aromatic carbocycles. The van der Waals surface area contributed by atoms with Crippen LogP contribution in [-0.4, -0.2) is 24.0 Å². The van der Waals surface area contributed by atoms with Crippen LogP contribution >= 0.6 is 0 Å². The quantitative estimate of drug-likeness (QED) is 0.811. The van der Waals surface area contributed by atoms with Gasteiger partial charge in [-0.15, -0.1) is 0 Å². The highest BCUT2D eigenvalue weighted by Gasteiger charge is 2.14. The molecule has 1 aliphatic rings. The second-order valence-corrected chi connectivity index (χ2v) is 4.70. The van der Waals surface area contributed by atoms with Crippen LogP contribution in [0.1, 0.15) is 32.1 Å². The van der Waals surface area contributed by atoms with Crippen molar-refractivity contribution in [3.8, 4) is 0 Å². The summed E-state index contributed by atoms with van der Waals surface area (Å²) in [5, 5.41) is 2.75.